The molecule has 4 nitrogen and oxygen atoms in total. The summed E-state index contributed by atoms with van der Waals surface area (Å²) in [4.78, 5) is 14.5. The first-order chi connectivity index (χ1) is 10.5. The summed E-state index contributed by atoms with van der Waals surface area (Å²) in [5.41, 5.74) is 2.00. The molecule has 0 spiro atoms. The highest BCUT2D eigenvalue weighted by Crippen LogP contribution is 2.36. The Labute approximate surface area is 132 Å². The molecule has 1 aromatic rings. The Kier molecular flexibility index (Phi) is 4.50. The van der Waals surface area contributed by atoms with Gasteiger partial charge in [-0.15, -0.1) is 0 Å². The normalized spacial score (nSPS) is 26.0. The largest absolute Gasteiger partial charge is 0.425 e. The second kappa shape index (κ2) is 6.39. The molecular formula is C18H25NO3. The van der Waals surface area contributed by atoms with Crippen LogP contribution in [0.5, 0.6) is 5.75 Å². The van der Waals surface area contributed by atoms with Gasteiger partial charge < -0.3 is 9.47 Å². The minimum atomic E-state index is -0.180. The fraction of sp³-hybridized carbons (Fsp3) is 0.611. The zero-order valence-electron chi connectivity index (χ0n) is 13.7. The lowest BCUT2D eigenvalue weighted by atomic mass is 10.1. The van der Waals surface area contributed by atoms with Gasteiger partial charge in [-0.2, -0.15) is 0 Å². The molecule has 2 aliphatic rings. The Morgan fingerprint density at radius 2 is 1.95 bits per heavy atom. The number of benzene rings is 1. The van der Waals surface area contributed by atoms with Crippen LogP contribution in [0.1, 0.15) is 30.9 Å². The first-order valence-corrected chi connectivity index (χ1v) is 8.17. The molecule has 1 aliphatic carbocycles. The number of hydrogen-bond acceptors (Lipinski definition) is 4. The van der Waals surface area contributed by atoms with Crippen molar-refractivity contribution in [1.82, 2.24) is 4.90 Å². The highest BCUT2D eigenvalue weighted by Gasteiger charge is 2.37. The minimum absolute atomic E-state index is 0.180. The highest BCUT2D eigenvalue weighted by atomic mass is 16.5. The van der Waals surface area contributed by atoms with Crippen molar-refractivity contribution in [2.24, 2.45) is 5.92 Å². The molecule has 1 aromatic carbocycles. The van der Waals surface area contributed by atoms with Crippen molar-refractivity contribution in [3.05, 3.63) is 29.3 Å². The van der Waals surface area contributed by atoms with Crippen LogP contribution in [-0.4, -0.2) is 42.7 Å². The lowest BCUT2D eigenvalue weighted by Crippen LogP contribution is -2.49. The molecule has 3 rings (SSSR count). The van der Waals surface area contributed by atoms with Gasteiger partial charge in [0.05, 0.1) is 18.8 Å². The summed E-state index contributed by atoms with van der Waals surface area (Å²) in [5, 5.41) is 0. The van der Waals surface area contributed by atoms with Crippen molar-refractivity contribution in [2.45, 2.75) is 45.8 Å². The summed E-state index contributed by atoms with van der Waals surface area (Å²) in [6, 6.07) is 5.91. The van der Waals surface area contributed by atoms with Crippen LogP contribution in [0.15, 0.2) is 18.2 Å². The number of carbonyl (C=O) groups is 1. The molecule has 2 fully saturated rings. The molecule has 1 saturated carbocycles. The summed E-state index contributed by atoms with van der Waals surface area (Å²) in [7, 11) is 0. The number of ether oxygens (including phenoxy) is 2. The Bertz CT molecular complexity index is 533. The van der Waals surface area contributed by atoms with E-state index in [2.05, 4.69) is 11.8 Å². The fourth-order valence-electron chi connectivity index (χ4n) is 3.22. The number of carbonyl (C=O) groups excluding carboxylic acids is 1. The Balaban J connectivity index is 1.59. The van der Waals surface area contributed by atoms with Crippen LogP contribution < -0.4 is 4.74 Å². The average Bonchev–Trinajstić information content (AvgIpc) is 3.27. The summed E-state index contributed by atoms with van der Waals surface area (Å²) < 4.78 is 11.6. The SMILES string of the molecule is Cc1cccc(C)c1OC(=O)CN1CC(C)OC(C2CC2)C1. The third-order valence-electron chi connectivity index (χ3n) is 4.49. The van der Waals surface area contributed by atoms with Crippen molar-refractivity contribution in [3.8, 4) is 5.75 Å². The standard InChI is InChI=1S/C18H25NO3/c1-12-5-4-6-13(2)18(12)22-17(20)11-19-9-14(3)21-16(10-19)15-7-8-15/h4-6,14-16H,7-11H2,1-3H3. The minimum Gasteiger partial charge on any atom is -0.425 e. The molecule has 2 unspecified atom stereocenters. The number of hydrogen-bond donors (Lipinski definition) is 0. The molecular weight excluding hydrogens is 278 g/mol. The van der Waals surface area contributed by atoms with Crippen molar-refractivity contribution < 1.29 is 14.3 Å². The Morgan fingerprint density at radius 3 is 2.59 bits per heavy atom. The van der Waals surface area contributed by atoms with Gasteiger partial charge in [0.2, 0.25) is 0 Å². The van der Waals surface area contributed by atoms with Crippen LogP contribution in [0, 0.1) is 19.8 Å². The zero-order valence-corrected chi connectivity index (χ0v) is 13.7. The van der Waals surface area contributed by atoms with Crippen molar-refractivity contribution >= 4 is 5.97 Å². The number of rotatable bonds is 4. The topological polar surface area (TPSA) is 38.8 Å². The van der Waals surface area contributed by atoms with E-state index in [1.54, 1.807) is 0 Å². The molecule has 0 amide bonds. The van der Waals surface area contributed by atoms with E-state index >= 15 is 0 Å². The van der Waals surface area contributed by atoms with Gasteiger partial charge >= 0.3 is 5.97 Å². The quantitative estimate of drug-likeness (QED) is 0.633. The van der Waals surface area contributed by atoms with Gasteiger partial charge in [-0.1, -0.05) is 18.2 Å². The van der Waals surface area contributed by atoms with Gasteiger partial charge in [-0.05, 0) is 50.7 Å². The van der Waals surface area contributed by atoms with Crippen LogP contribution in [0.3, 0.4) is 0 Å². The predicted molar refractivity (Wildman–Crippen MR) is 85.1 cm³/mol. The second-order valence-electron chi connectivity index (χ2n) is 6.71. The molecule has 22 heavy (non-hydrogen) atoms. The van der Waals surface area contributed by atoms with Crippen LogP contribution in [0.2, 0.25) is 0 Å². The van der Waals surface area contributed by atoms with E-state index in [9.17, 15) is 4.79 Å². The number of esters is 1. The van der Waals surface area contributed by atoms with Crippen LogP contribution in [0.4, 0.5) is 0 Å². The molecule has 0 N–H and O–H groups in total. The van der Waals surface area contributed by atoms with Crippen molar-refractivity contribution in [3.63, 3.8) is 0 Å². The van der Waals surface area contributed by atoms with E-state index in [1.165, 1.54) is 12.8 Å². The molecule has 0 aromatic heterocycles. The summed E-state index contributed by atoms with van der Waals surface area (Å²) in [6.07, 6.45) is 3.00. The third kappa shape index (κ3) is 3.68. The van der Waals surface area contributed by atoms with Crippen LogP contribution in [-0.2, 0) is 9.53 Å². The number of para-hydroxylation sites is 1. The first kappa shape index (κ1) is 15.5. The monoisotopic (exact) mass is 303 g/mol. The number of nitrogens with zero attached hydrogens (tertiary/aromatic N) is 1. The lowest BCUT2D eigenvalue weighted by molar-refractivity contribution is -0.140. The third-order valence-corrected chi connectivity index (χ3v) is 4.49. The maximum absolute atomic E-state index is 12.3. The Hall–Kier alpha value is -1.39. The molecule has 1 heterocycles. The summed E-state index contributed by atoms with van der Waals surface area (Å²) in [6.45, 7) is 8.00. The highest BCUT2D eigenvalue weighted by molar-refractivity contribution is 5.75. The molecule has 0 bridgehead atoms. The van der Waals surface area contributed by atoms with E-state index in [0.29, 0.717) is 18.2 Å². The van der Waals surface area contributed by atoms with Crippen molar-refractivity contribution in [2.75, 3.05) is 19.6 Å². The maximum Gasteiger partial charge on any atom is 0.325 e. The zero-order chi connectivity index (χ0) is 15.7. The molecule has 120 valence electrons. The molecule has 1 aliphatic heterocycles. The van der Waals surface area contributed by atoms with Gasteiger partial charge in [0.15, 0.2) is 0 Å². The maximum atomic E-state index is 12.3. The molecule has 2 atom stereocenters. The van der Waals surface area contributed by atoms with Gasteiger partial charge in [0, 0.05) is 13.1 Å². The summed E-state index contributed by atoms with van der Waals surface area (Å²) in [5.74, 6) is 1.22. The van der Waals surface area contributed by atoms with Gasteiger partial charge in [0.25, 0.3) is 0 Å². The van der Waals surface area contributed by atoms with E-state index < -0.39 is 0 Å². The summed E-state index contributed by atoms with van der Waals surface area (Å²) >= 11 is 0. The van der Waals surface area contributed by atoms with Crippen LogP contribution in [0.25, 0.3) is 0 Å². The van der Waals surface area contributed by atoms with E-state index in [1.807, 2.05) is 32.0 Å². The van der Waals surface area contributed by atoms with Gasteiger partial charge in [-0.3, -0.25) is 9.69 Å². The fourth-order valence-corrected chi connectivity index (χ4v) is 3.22. The van der Waals surface area contributed by atoms with E-state index in [4.69, 9.17) is 9.47 Å². The smallest absolute Gasteiger partial charge is 0.325 e. The Morgan fingerprint density at radius 1 is 1.27 bits per heavy atom. The molecule has 0 radical (unpaired) electrons. The number of morpholine rings is 1. The number of aryl methyl sites for hydroxylation is 2. The molecule has 1 saturated heterocycles. The van der Waals surface area contributed by atoms with Gasteiger partial charge in [0.1, 0.15) is 5.75 Å². The first-order valence-electron chi connectivity index (χ1n) is 8.17. The van der Waals surface area contributed by atoms with E-state index in [-0.39, 0.29) is 18.2 Å². The van der Waals surface area contributed by atoms with Gasteiger partial charge in [-0.25, -0.2) is 0 Å². The van der Waals surface area contributed by atoms with E-state index in [0.717, 1.165) is 24.2 Å². The molecule has 4 heteroatoms. The predicted octanol–water partition coefficient (Wildman–Crippen LogP) is 2.71. The lowest BCUT2D eigenvalue weighted by Gasteiger charge is -2.36. The van der Waals surface area contributed by atoms with Crippen LogP contribution >= 0.6 is 0 Å². The van der Waals surface area contributed by atoms with Crippen molar-refractivity contribution in [1.29, 1.82) is 0 Å². The second-order valence-corrected chi connectivity index (χ2v) is 6.71. The average molecular weight is 303 g/mol.